The molecule has 0 saturated carbocycles. The maximum Gasteiger partial charge on any atom is 0.159 e. The molecule has 0 aromatic heterocycles. The van der Waals surface area contributed by atoms with Crippen LogP contribution in [0.1, 0.15) is 22.8 Å². The molecule has 0 bridgehead atoms. The lowest BCUT2D eigenvalue weighted by Crippen LogP contribution is -1.94. The van der Waals surface area contributed by atoms with Crippen molar-refractivity contribution in [1.29, 1.82) is 0 Å². The Morgan fingerprint density at radius 2 is 2.17 bits per heavy atom. The van der Waals surface area contributed by atoms with E-state index >= 15 is 0 Å². The summed E-state index contributed by atoms with van der Waals surface area (Å²) in [7, 11) is 0. The first-order valence-corrected chi connectivity index (χ1v) is 5.11. The Bertz CT molecular complexity index is 309. The van der Waals surface area contributed by atoms with Crippen molar-refractivity contribution in [3.8, 4) is 0 Å². The molecule has 0 unspecified atom stereocenters. The summed E-state index contributed by atoms with van der Waals surface area (Å²) in [6.07, 6.45) is 0. The van der Waals surface area contributed by atoms with Crippen LogP contribution in [0.25, 0.3) is 0 Å². The van der Waals surface area contributed by atoms with Gasteiger partial charge in [0.1, 0.15) is 0 Å². The molecule has 1 nitrogen and oxygen atoms in total. The molecule has 0 aliphatic heterocycles. The summed E-state index contributed by atoms with van der Waals surface area (Å²) in [5.41, 5.74) is 1.73. The number of alkyl halides is 1. The molecule has 0 fully saturated rings. The summed E-state index contributed by atoms with van der Waals surface area (Å²) in [5, 5.41) is 0. The second kappa shape index (κ2) is 4.23. The van der Waals surface area contributed by atoms with E-state index in [2.05, 4.69) is 22.6 Å². The number of hydrogen-bond donors (Lipinski definition) is 0. The molecule has 12 heavy (non-hydrogen) atoms. The molecule has 0 radical (unpaired) electrons. The molecule has 64 valence electrons. The molecule has 1 aromatic rings. The van der Waals surface area contributed by atoms with E-state index < -0.39 is 0 Å². The molecule has 1 aromatic carbocycles. The standard InChI is InChI=1S/C9H8ClIO/c1-6(12)8-2-7(5-10)3-9(11)4-8/h2-4H,5H2,1H3. The Labute approximate surface area is 90.3 Å². The van der Waals surface area contributed by atoms with Gasteiger partial charge in [-0.05, 0) is 53.3 Å². The maximum atomic E-state index is 11.0. The van der Waals surface area contributed by atoms with Crippen LogP contribution in [-0.4, -0.2) is 5.78 Å². The van der Waals surface area contributed by atoms with E-state index in [0.29, 0.717) is 5.88 Å². The predicted molar refractivity (Wildman–Crippen MR) is 58.7 cm³/mol. The van der Waals surface area contributed by atoms with Crippen molar-refractivity contribution in [1.82, 2.24) is 0 Å². The largest absolute Gasteiger partial charge is 0.295 e. The lowest BCUT2D eigenvalue weighted by molar-refractivity contribution is 0.101. The highest BCUT2D eigenvalue weighted by molar-refractivity contribution is 14.1. The fraction of sp³-hybridized carbons (Fsp3) is 0.222. The SMILES string of the molecule is CC(=O)c1cc(I)cc(CCl)c1. The van der Waals surface area contributed by atoms with Gasteiger partial charge < -0.3 is 0 Å². The van der Waals surface area contributed by atoms with Crippen molar-refractivity contribution >= 4 is 40.0 Å². The summed E-state index contributed by atoms with van der Waals surface area (Å²) < 4.78 is 1.05. The number of carbonyl (C=O) groups excluding carboxylic acids is 1. The van der Waals surface area contributed by atoms with E-state index in [-0.39, 0.29) is 5.78 Å². The van der Waals surface area contributed by atoms with E-state index in [0.717, 1.165) is 14.7 Å². The number of hydrogen-bond acceptors (Lipinski definition) is 1. The maximum absolute atomic E-state index is 11.0. The number of Topliss-reactive ketones (excluding diaryl/α,β-unsaturated/α-hetero) is 1. The van der Waals surface area contributed by atoms with Crippen LogP contribution in [0.2, 0.25) is 0 Å². The minimum atomic E-state index is 0.0832. The highest BCUT2D eigenvalue weighted by Gasteiger charge is 2.02. The zero-order chi connectivity index (χ0) is 9.14. The molecule has 3 heteroatoms. The van der Waals surface area contributed by atoms with Crippen LogP contribution in [0.15, 0.2) is 18.2 Å². The van der Waals surface area contributed by atoms with E-state index in [1.165, 1.54) is 0 Å². The first-order valence-electron chi connectivity index (χ1n) is 3.50. The molecule has 0 saturated heterocycles. The van der Waals surface area contributed by atoms with Crippen molar-refractivity contribution < 1.29 is 4.79 Å². The molecule has 0 atom stereocenters. The molecule has 0 aliphatic rings. The topological polar surface area (TPSA) is 17.1 Å². The lowest BCUT2D eigenvalue weighted by atomic mass is 10.1. The average Bonchev–Trinajstić information content (AvgIpc) is 2.03. The van der Waals surface area contributed by atoms with Gasteiger partial charge in [0.25, 0.3) is 0 Å². The van der Waals surface area contributed by atoms with Gasteiger partial charge in [0.2, 0.25) is 0 Å². The highest BCUT2D eigenvalue weighted by Crippen LogP contribution is 2.14. The van der Waals surface area contributed by atoms with Gasteiger partial charge in [-0.1, -0.05) is 0 Å². The Balaban J connectivity index is 3.15. The third kappa shape index (κ3) is 2.45. The van der Waals surface area contributed by atoms with Crippen molar-refractivity contribution in [3.63, 3.8) is 0 Å². The fourth-order valence-corrected chi connectivity index (χ4v) is 1.82. The van der Waals surface area contributed by atoms with E-state index in [1.807, 2.05) is 18.2 Å². The molecular weight excluding hydrogens is 286 g/mol. The minimum absolute atomic E-state index is 0.0832. The smallest absolute Gasteiger partial charge is 0.159 e. The van der Waals surface area contributed by atoms with Crippen LogP contribution < -0.4 is 0 Å². The first-order chi connectivity index (χ1) is 5.63. The van der Waals surface area contributed by atoms with E-state index in [9.17, 15) is 4.79 Å². The summed E-state index contributed by atoms with van der Waals surface area (Å²) in [4.78, 5) is 11.0. The molecule has 0 spiro atoms. The summed E-state index contributed by atoms with van der Waals surface area (Å²) in [5.74, 6) is 0.539. The number of rotatable bonds is 2. The second-order valence-electron chi connectivity index (χ2n) is 2.54. The highest BCUT2D eigenvalue weighted by atomic mass is 127. The van der Waals surface area contributed by atoms with Gasteiger partial charge in [-0.25, -0.2) is 0 Å². The van der Waals surface area contributed by atoms with Gasteiger partial charge in [-0.3, -0.25) is 4.79 Å². The predicted octanol–water partition coefficient (Wildman–Crippen LogP) is 3.23. The van der Waals surface area contributed by atoms with Gasteiger partial charge in [0.15, 0.2) is 5.78 Å². The average molecular weight is 295 g/mol. The summed E-state index contributed by atoms with van der Waals surface area (Å²) >= 11 is 7.84. The summed E-state index contributed by atoms with van der Waals surface area (Å²) in [6.45, 7) is 1.56. The van der Waals surface area contributed by atoms with E-state index in [4.69, 9.17) is 11.6 Å². The third-order valence-corrected chi connectivity index (χ3v) is 2.45. The minimum Gasteiger partial charge on any atom is -0.295 e. The molecule has 0 amide bonds. The molecular formula is C9H8ClIO. The number of carbonyl (C=O) groups is 1. The van der Waals surface area contributed by atoms with Gasteiger partial charge in [0.05, 0.1) is 0 Å². The fourth-order valence-electron chi connectivity index (χ4n) is 0.931. The van der Waals surface area contributed by atoms with Crippen LogP contribution in [0.3, 0.4) is 0 Å². The Morgan fingerprint density at radius 3 is 2.67 bits per heavy atom. The molecule has 0 aliphatic carbocycles. The monoisotopic (exact) mass is 294 g/mol. The zero-order valence-corrected chi connectivity index (χ0v) is 9.52. The van der Waals surface area contributed by atoms with Crippen LogP contribution >= 0.6 is 34.2 Å². The molecule has 1 rings (SSSR count). The van der Waals surface area contributed by atoms with Crippen molar-refractivity contribution in [2.24, 2.45) is 0 Å². The van der Waals surface area contributed by atoms with Crippen LogP contribution in [0.5, 0.6) is 0 Å². The normalized spacial score (nSPS) is 9.92. The Kier molecular flexibility index (Phi) is 3.53. The van der Waals surface area contributed by atoms with Gasteiger partial charge in [0, 0.05) is 15.0 Å². The van der Waals surface area contributed by atoms with Crippen molar-refractivity contribution in [2.45, 2.75) is 12.8 Å². The Hall–Kier alpha value is -0.0900. The first kappa shape index (κ1) is 9.99. The quantitative estimate of drug-likeness (QED) is 0.465. The number of benzene rings is 1. The van der Waals surface area contributed by atoms with Crippen molar-refractivity contribution in [2.75, 3.05) is 0 Å². The Morgan fingerprint density at radius 1 is 1.50 bits per heavy atom. The number of halogens is 2. The molecule has 0 heterocycles. The molecule has 0 N–H and O–H groups in total. The zero-order valence-electron chi connectivity index (χ0n) is 6.60. The number of ketones is 1. The van der Waals surface area contributed by atoms with Gasteiger partial charge in [-0.15, -0.1) is 11.6 Å². The summed E-state index contributed by atoms with van der Waals surface area (Å²) in [6, 6.07) is 5.66. The van der Waals surface area contributed by atoms with Crippen molar-refractivity contribution in [3.05, 3.63) is 32.9 Å². The van der Waals surface area contributed by atoms with Crippen LogP contribution in [-0.2, 0) is 5.88 Å². The van der Waals surface area contributed by atoms with Crippen LogP contribution in [0, 0.1) is 3.57 Å². The second-order valence-corrected chi connectivity index (χ2v) is 4.05. The van der Waals surface area contributed by atoms with Gasteiger partial charge in [-0.2, -0.15) is 0 Å². The van der Waals surface area contributed by atoms with E-state index in [1.54, 1.807) is 6.92 Å². The van der Waals surface area contributed by atoms with Crippen LogP contribution in [0.4, 0.5) is 0 Å². The van der Waals surface area contributed by atoms with Gasteiger partial charge >= 0.3 is 0 Å². The lowest BCUT2D eigenvalue weighted by Gasteiger charge is -2.00. The third-order valence-electron chi connectivity index (χ3n) is 1.52.